The summed E-state index contributed by atoms with van der Waals surface area (Å²) in [6, 6.07) is 0. The van der Waals surface area contributed by atoms with E-state index >= 15 is 0 Å². The number of benzene rings is 1. The lowest BCUT2D eigenvalue weighted by Crippen LogP contribution is -2.18. The van der Waals surface area contributed by atoms with E-state index in [-0.39, 0.29) is 31.8 Å². The van der Waals surface area contributed by atoms with Crippen molar-refractivity contribution in [2.45, 2.75) is 0 Å². The number of fused-ring (bicyclic) bond motifs is 1. The lowest BCUT2D eigenvalue weighted by atomic mass is 10.0. The first-order valence-corrected chi connectivity index (χ1v) is 5.59. The Morgan fingerprint density at radius 3 is 1.94 bits per heavy atom. The van der Waals surface area contributed by atoms with Gasteiger partial charge in [0.15, 0.2) is 6.29 Å². The summed E-state index contributed by atoms with van der Waals surface area (Å²) in [6.07, 6.45) is 0.324. The first-order chi connectivity index (χ1) is 7.91. The van der Waals surface area contributed by atoms with Crippen molar-refractivity contribution < 1.29 is 14.4 Å². The van der Waals surface area contributed by atoms with Gasteiger partial charge in [-0.15, -0.1) is 0 Å². The van der Waals surface area contributed by atoms with Crippen LogP contribution in [0.1, 0.15) is 31.1 Å². The van der Waals surface area contributed by atoms with Crippen LogP contribution in [-0.2, 0) is 0 Å². The predicted molar refractivity (Wildman–Crippen MR) is 63.2 cm³/mol. The highest BCUT2D eigenvalue weighted by Gasteiger charge is 2.41. The molecular formula is C9HCl4NO3. The van der Waals surface area contributed by atoms with Crippen LogP contribution in [0.3, 0.4) is 0 Å². The molecule has 2 amide bonds. The molecule has 0 unspecified atom stereocenters. The maximum atomic E-state index is 11.7. The van der Waals surface area contributed by atoms with Gasteiger partial charge in [0.2, 0.25) is 0 Å². The van der Waals surface area contributed by atoms with Crippen LogP contribution in [0.4, 0.5) is 0 Å². The standard InChI is InChI=1S/C9HCl4NO3/c10-5-2(1-15)3-4(6(11)7(5)12)9(17)14(13)8(3)16/h1H. The number of rotatable bonds is 1. The van der Waals surface area contributed by atoms with E-state index in [1.165, 1.54) is 0 Å². The topological polar surface area (TPSA) is 54.5 Å². The summed E-state index contributed by atoms with van der Waals surface area (Å²) in [5.74, 6) is -1.69. The van der Waals surface area contributed by atoms with Gasteiger partial charge in [-0.2, -0.15) is 4.42 Å². The van der Waals surface area contributed by atoms with Crippen LogP contribution >= 0.6 is 46.6 Å². The molecule has 0 saturated heterocycles. The Morgan fingerprint density at radius 2 is 1.41 bits per heavy atom. The third-order valence-corrected chi connectivity index (χ3v) is 3.91. The fraction of sp³-hybridized carbons (Fsp3) is 0. The zero-order valence-electron chi connectivity index (χ0n) is 7.76. The van der Waals surface area contributed by atoms with E-state index < -0.39 is 11.8 Å². The summed E-state index contributed by atoms with van der Waals surface area (Å²) in [5, 5.41) is -0.542. The lowest BCUT2D eigenvalue weighted by molar-refractivity contribution is 0.0765. The van der Waals surface area contributed by atoms with E-state index in [0.29, 0.717) is 10.7 Å². The van der Waals surface area contributed by atoms with E-state index in [4.69, 9.17) is 46.6 Å². The highest BCUT2D eigenvalue weighted by molar-refractivity contribution is 6.53. The number of imide groups is 1. The monoisotopic (exact) mass is 311 g/mol. The van der Waals surface area contributed by atoms with Crippen LogP contribution in [0.5, 0.6) is 0 Å². The molecule has 0 fully saturated rings. The molecule has 17 heavy (non-hydrogen) atoms. The van der Waals surface area contributed by atoms with Crippen molar-refractivity contribution in [3.8, 4) is 0 Å². The molecule has 0 saturated carbocycles. The normalized spacial score (nSPS) is 14.2. The van der Waals surface area contributed by atoms with Gasteiger partial charge in [0, 0.05) is 17.3 Å². The molecule has 0 spiro atoms. The molecule has 2 rings (SSSR count). The van der Waals surface area contributed by atoms with Crippen molar-refractivity contribution in [3.63, 3.8) is 0 Å². The van der Waals surface area contributed by atoms with Gasteiger partial charge in [-0.25, -0.2) is 0 Å². The molecule has 4 nitrogen and oxygen atoms in total. The molecule has 0 radical (unpaired) electrons. The van der Waals surface area contributed by atoms with E-state index in [2.05, 4.69) is 0 Å². The van der Waals surface area contributed by atoms with E-state index in [0.717, 1.165) is 0 Å². The molecule has 0 bridgehead atoms. The Bertz CT molecular complexity index is 584. The number of amides is 2. The Kier molecular flexibility index (Phi) is 3.08. The van der Waals surface area contributed by atoms with Gasteiger partial charge >= 0.3 is 0 Å². The average molecular weight is 313 g/mol. The second-order valence-electron chi connectivity index (χ2n) is 3.11. The van der Waals surface area contributed by atoms with Crippen LogP contribution in [0.2, 0.25) is 15.1 Å². The second-order valence-corrected chi connectivity index (χ2v) is 4.59. The minimum absolute atomic E-state index is 0.165. The summed E-state index contributed by atoms with van der Waals surface area (Å²) < 4.78 is 0.330. The van der Waals surface area contributed by atoms with Crippen LogP contribution in [-0.4, -0.2) is 22.5 Å². The number of carbonyl (C=O) groups excluding carboxylic acids is 3. The summed E-state index contributed by atoms with van der Waals surface area (Å²) >= 11 is 22.8. The molecule has 1 heterocycles. The number of halogens is 4. The molecule has 1 aromatic rings. The number of nitrogens with zero attached hydrogens (tertiary/aromatic N) is 1. The molecule has 1 aliphatic rings. The number of hydrogen-bond donors (Lipinski definition) is 0. The zero-order valence-corrected chi connectivity index (χ0v) is 10.8. The van der Waals surface area contributed by atoms with Crippen LogP contribution in [0, 0.1) is 0 Å². The van der Waals surface area contributed by atoms with Gasteiger partial charge in [0.25, 0.3) is 11.8 Å². The Labute approximate surface area is 115 Å². The van der Waals surface area contributed by atoms with Crippen LogP contribution < -0.4 is 0 Å². The van der Waals surface area contributed by atoms with Crippen molar-refractivity contribution in [1.82, 2.24) is 4.42 Å². The highest BCUT2D eigenvalue weighted by atomic mass is 35.5. The molecule has 8 heteroatoms. The third-order valence-electron chi connectivity index (χ3n) is 2.26. The fourth-order valence-corrected chi connectivity index (χ4v) is 2.42. The minimum Gasteiger partial charge on any atom is -0.298 e. The van der Waals surface area contributed by atoms with E-state index in [1.807, 2.05) is 0 Å². The minimum atomic E-state index is -0.853. The quantitative estimate of drug-likeness (QED) is 0.346. The van der Waals surface area contributed by atoms with Crippen molar-refractivity contribution in [2.75, 3.05) is 0 Å². The van der Waals surface area contributed by atoms with Gasteiger partial charge in [-0.3, -0.25) is 14.4 Å². The Hall–Kier alpha value is -0.810. The van der Waals surface area contributed by atoms with Crippen molar-refractivity contribution >= 4 is 64.7 Å². The van der Waals surface area contributed by atoms with Crippen molar-refractivity contribution in [2.24, 2.45) is 0 Å². The van der Waals surface area contributed by atoms with Crippen LogP contribution in [0.15, 0.2) is 0 Å². The van der Waals surface area contributed by atoms with E-state index in [9.17, 15) is 14.4 Å². The first-order valence-electron chi connectivity index (χ1n) is 4.12. The summed E-state index contributed by atoms with van der Waals surface area (Å²) in [6.45, 7) is 0. The fourth-order valence-electron chi connectivity index (χ4n) is 1.50. The molecule has 1 aliphatic heterocycles. The maximum Gasteiger partial charge on any atom is 0.278 e. The molecular weight excluding hydrogens is 312 g/mol. The maximum absolute atomic E-state index is 11.7. The largest absolute Gasteiger partial charge is 0.298 e. The van der Waals surface area contributed by atoms with Gasteiger partial charge in [-0.05, 0) is 0 Å². The SMILES string of the molecule is O=Cc1c(Cl)c(Cl)c(Cl)c2c1C(=O)N(Cl)C2=O. The summed E-state index contributed by atoms with van der Waals surface area (Å²) in [5.41, 5.74) is -0.625. The molecule has 0 N–H and O–H groups in total. The predicted octanol–water partition coefficient (Wildman–Crippen LogP) is 3.21. The van der Waals surface area contributed by atoms with E-state index in [1.54, 1.807) is 0 Å². The Balaban J connectivity index is 2.96. The second kappa shape index (κ2) is 4.14. The van der Waals surface area contributed by atoms with Crippen molar-refractivity contribution in [3.05, 3.63) is 31.8 Å². The summed E-state index contributed by atoms with van der Waals surface area (Å²) in [4.78, 5) is 34.2. The van der Waals surface area contributed by atoms with Gasteiger partial charge < -0.3 is 0 Å². The molecule has 0 atom stereocenters. The Morgan fingerprint density at radius 1 is 0.882 bits per heavy atom. The van der Waals surface area contributed by atoms with Gasteiger partial charge in [0.1, 0.15) is 0 Å². The van der Waals surface area contributed by atoms with Gasteiger partial charge in [0.05, 0.1) is 26.2 Å². The molecule has 1 aromatic carbocycles. The van der Waals surface area contributed by atoms with Crippen molar-refractivity contribution in [1.29, 1.82) is 0 Å². The summed E-state index contributed by atoms with van der Waals surface area (Å²) in [7, 11) is 0. The number of aldehydes is 1. The van der Waals surface area contributed by atoms with Crippen LogP contribution in [0.25, 0.3) is 0 Å². The first kappa shape index (κ1) is 12.6. The highest BCUT2D eigenvalue weighted by Crippen LogP contribution is 2.42. The lowest BCUT2D eigenvalue weighted by Gasteiger charge is -2.06. The third kappa shape index (κ3) is 1.56. The smallest absolute Gasteiger partial charge is 0.278 e. The number of carbonyl (C=O) groups is 3. The average Bonchev–Trinajstić information content (AvgIpc) is 2.53. The molecule has 0 aliphatic carbocycles. The molecule has 0 aromatic heterocycles. The molecule has 88 valence electrons. The van der Waals surface area contributed by atoms with Gasteiger partial charge in [-0.1, -0.05) is 34.8 Å². The zero-order chi connectivity index (χ0) is 12.9. The number of hydrogen-bond acceptors (Lipinski definition) is 3.